The number of aliphatic imine (C=N–C) groups is 1. The minimum Gasteiger partial charge on any atom is -0.384 e. The molecule has 0 saturated heterocycles. The van der Waals surface area contributed by atoms with E-state index in [-0.39, 0.29) is 32.7 Å². The van der Waals surface area contributed by atoms with Crippen LogP contribution in [0.2, 0.25) is 0 Å². The fraction of sp³-hybridized carbons (Fsp3) is 0.889. The molecule has 0 bridgehead atoms. The molecule has 0 saturated carbocycles. The van der Waals surface area contributed by atoms with E-state index in [0.29, 0.717) is 0 Å². The number of hydrogen-bond donors (Lipinski definition) is 1. The van der Waals surface area contributed by atoms with Crippen LogP contribution < -0.4 is 0 Å². The van der Waals surface area contributed by atoms with Crippen molar-refractivity contribution in [3.63, 3.8) is 0 Å². The van der Waals surface area contributed by atoms with Gasteiger partial charge in [0.2, 0.25) is 0 Å². The van der Waals surface area contributed by atoms with E-state index in [1.54, 1.807) is 0 Å². The van der Waals surface area contributed by atoms with Gasteiger partial charge in [-0.2, -0.15) is 0 Å². The second kappa shape index (κ2) is 7.17. The van der Waals surface area contributed by atoms with E-state index in [1.165, 1.54) is 0 Å². The Morgan fingerprint density at radius 3 is 2.25 bits per heavy atom. The zero-order chi connectivity index (χ0) is 8.91. The van der Waals surface area contributed by atoms with Gasteiger partial charge >= 0.3 is 0 Å². The maximum Gasteiger partial charge on any atom is 0.0991 e. The summed E-state index contributed by atoms with van der Waals surface area (Å²) < 4.78 is 0. The van der Waals surface area contributed by atoms with Crippen LogP contribution in [0.5, 0.6) is 0 Å². The molecule has 0 aromatic rings. The van der Waals surface area contributed by atoms with E-state index < -0.39 is 5.60 Å². The smallest absolute Gasteiger partial charge is 0.0991 e. The Labute approximate surface area is 101 Å². The van der Waals surface area contributed by atoms with Crippen molar-refractivity contribution in [1.29, 1.82) is 0 Å². The summed E-state index contributed by atoms with van der Waals surface area (Å²) in [6.07, 6.45) is 1.78. The average molecular weight is 246 g/mol. The first-order valence-corrected chi connectivity index (χ1v) is 4.28. The Kier molecular flexibility index (Phi) is 9.09. The molecule has 0 rings (SSSR count). The second-order valence-corrected chi connectivity index (χ2v) is 3.08. The van der Waals surface area contributed by atoms with Crippen LogP contribution in [0, 0.1) is 0 Å². The number of hydrogen-bond acceptors (Lipinski definition) is 2. The van der Waals surface area contributed by atoms with Crippen LogP contribution >= 0.6 is 0 Å². The topological polar surface area (TPSA) is 32.6 Å². The summed E-state index contributed by atoms with van der Waals surface area (Å²) in [5.74, 6) is 0. The quantitative estimate of drug-likeness (QED) is 0.756. The van der Waals surface area contributed by atoms with Gasteiger partial charge in [0.25, 0.3) is 0 Å². The van der Waals surface area contributed by atoms with Crippen molar-refractivity contribution >= 4 is 5.71 Å². The summed E-state index contributed by atoms with van der Waals surface area (Å²) in [6.45, 7) is 8.51. The van der Waals surface area contributed by atoms with E-state index in [4.69, 9.17) is 0 Å². The van der Waals surface area contributed by atoms with Crippen molar-refractivity contribution in [2.24, 2.45) is 4.99 Å². The molecule has 2 nitrogen and oxygen atoms in total. The molecule has 0 aromatic carbocycles. The Bertz CT molecular complexity index is 143. The number of rotatable bonds is 4. The summed E-state index contributed by atoms with van der Waals surface area (Å²) in [5.41, 5.74) is 0.159. The first-order chi connectivity index (χ1) is 5.04. The molecule has 1 radical (unpaired) electrons. The first-order valence-electron chi connectivity index (χ1n) is 4.28. The van der Waals surface area contributed by atoms with Crippen LogP contribution in [0.15, 0.2) is 4.99 Å². The number of nitrogens with zero attached hydrogens (tertiary/aromatic N) is 1. The molecule has 1 N–H and O–H groups in total. The normalized spacial score (nSPS) is 16.6. The molecule has 0 aliphatic rings. The van der Waals surface area contributed by atoms with E-state index in [1.807, 2.05) is 20.8 Å². The van der Waals surface area contributed by atoms with Gasteiger partial charge in [-0.15, -0.1) is 0 Å². The Balaban J connectivity index is 0. The van der Waals surface area contributed by atoms with Gasteiger partial charge in [-0.05, 0) is 27.2 Å². The minimum atomic E-state index is -0.690. The van der Waals surface area contributed by atoms with E-state index >= 15 is 0 Å². The maximum absolute atomic E-state index is 9.78. The standard InChI is InChI=1S/C9H19NO.Y/c1-5-7-9(4,11)8(3)10-6-2;/h11H,5-7H2,1-4H3;. The van der Waals surface area contributed by atoms with Crippen molar-refractivity contribution < 1.29 is 37.8 Å². The van der Waals surface area contributed by atoms with Gasteiger partial charge in [0, 0.05) is 45.0 Å². The molecular formula is C9H19NOY. The summed E-state index contributed by atoms with van der Waals surface area (Å²) in [5, 5.41) is 9.78. The van der Waals surface area contributed by atoms with Crippen LogP contribution in [-0.4, -0.2) is 23.0 Å². The molecule has 3 heteroatoms. The fourth-order valence-electron chi connectivity index (χ4n) is 1.08. The predicted octanol–water partition coefficient (Wildman–Crippen LogP) is 2.02. The Hall–Kier alpha value is 0.734. The molecule has 0 amide bonds. The molecule has 0 spiro atoms. The third kappa shape index (κ3) is 5.39. The van der Waals surface area contributed by atoms with Gasteiger partial charge in [-0.3, -0.25) is 4.99 Å². The molecule has 69 valence electrons. The van der Waals surface area contributed by atoms with E-state index in [0.717, 1.165) is 25.1 Å². The third-order valence-electron chi connectivity index (χ3n) is 1.91. The first kappa shape index (κ1) is 15.2. The minimum absolute atomic E-state index is 0. The van der Waals surface area contributed by atoms with Gasteiger partial charge in [0.05, 0.1) is 5.60 Å². The summed E-state index contributed by atoms with van der Waals surface area (Å²) in [6, 6.07) is 0. The number of aliphatic hydroxyl groups is 1. The van der Waals surface area contributed by atoms with Crippen LogP contribution in [0.1, 0.15) is 40.5 Å². The largest absolute Gasteiger partial charge is 0.384 e. The molecule has 0 aliphatic heterocycles. The molecule has 0 heterocycles. The van der Waals surface area contributed by atoms with E-state index in [2.05, 4.69) is 11.9 Å². The van der Waals surface area contributed by atoms with Crippen molar-refractivity contribution in [3.8, 4) is 0 Å². The van der Waals surface area contributed by atoms with E-state index in [9.17, 15) is 5.11 Å². The van der Waals surface area contributed by atoms with Crippen LogP contribution in [0.25, 0.3) is 0 Å². The van der Waals surface area contributed by atoms with Crippen molar-refractivity contribution in [3.05, 3.63) is 0 Å². The van der Waals surface area contributed by atoms with Crippen molar-refractivity contribution in [2.75, 3.05) is 6.54 Å². The van der Waals surface area contributed by atoms with Crippen molar-refractivity contribution in [1.82, 2.24) is 0 Å². The van der Waals surface area contributed by atoms with Gasteiger partial charge in [0.15, 0.2) is 0 Å². The van der Waals surface area contributed by atoms with Crippen molar-refractivity contribution in [2.45, 2.75) is 46.1 Å². The molecule has 12 heavy (non-hydrogen) atoms. The Morgan fingerprint density at radius 2 is 1.92 bits per heavy atom. The Morgan fingerprint density at radius 1 is 1.42 bits per heavy atom. The molecule has 1 atom stereocenters. The summed E-state index contributed by atoms with van der Waals surface area (Å²) >= 11 is 0. The third-order valence-corrected chi connectivity index (χ3v) is 1.91. The van der Waals surface area contributed by atoms with Gasteiger partial charge in [-0.25, -0.2) is 0 Å². The van der Waals surface area contributed by atoms with Gasteiger partial charge < -0.3 is 5.11 Å². The fourth-order valence-corrected chi connectivity index (χ4v) is 1.08. The zero-order valence-corrected chi connectivity index (χ0v) is 11.4. The summed E-state index contributed by atoms with van der Waals surface area (Å²) in [7, 11) is 0. The molecule has 1 unspecified atom stereocenters. The average Bonchev–Trinajstić information content (AvgIpc) is 1.88. The molecule has 0 fully saturated rings. The zero-order valence-electron chi connectivity index (χ0n) is 8.59. The van der Waals surface area contributed by atoms with Gasteiger partial charge in [-0.1, -0.05) is 13.3 Å². The van der Waals surface area contributed by atoms with Crippen LogP contribution in [0.4, 0.5) is 0 Å². The second-order valence-electron chi connectivity index (χ2n) is 3.08. The monoisotopic (exact) mass is 246 g/mol. The maximum atomic E-state index is 9.78. The predicted molar refractivity (Wildman–Crippen MR) is 49.2 cm³/mol. The molecular weight excluding hydrogens is 227 g/mol. The van der Waals surface area contributed by atoms with Crippen LogP contribution in [0.3, 0.4) is 0 Å². The van der Waals surface area contributed by atoms with Crippen LogP contribution in [-0.2, 0) is 32.7 Å². The SMILES string of the molecule is CCCC(C)(O)C(C)=NCC.[Y]. The molecule has 0 aliphatic carbocycles. The molecule has 0 aromatic heterocycles. The van der Waals surface area contributed by atoms with Gasteiger partial charge in [0.1, 0.15) is 0 Å². The summed E-state index contributed by atoms with van der Waals surface area (Å²) in [4.78, 5) is 4.18.